The number of piperidine rings is 1. The molecule has 7 nitrogen and oxygen atoms in total. The molecule has 2 fully saturated rings. The molecule has 2 aromatic carbocycles. The van der Waals surface area contributed by atoms with Gasteiger partial charge in [-0.05, 0) is 62.8 Å². The normalized spacial score (nSPS) is 17.4. The molecule has 0 radical (unpaired) electrons. The maximum absolute atomic E-state index is 13.4. The highest BCUT2D eigenvalue weighted by atomic mass is 16.5. The van der Waals surface area contributed by atoms with Crippen LogP contribution in [0.2, 0.25) is 0 Å². The first-order valence-electron chi connectivity index (χ1n) is 12.1. The number of hydrogen-bond donors (Lipinski definition) is 1. The third-order valence-electron chi connectivity index (χ3n) is 6.92. The summed E-state index contributed by atoms with van der Waals surface area (Å²) in [7, 11) is 1.56. The van der Waals surface area contributed by atoms with E-state index < -0.39 is 6.04 Å². The lowest BCUT2D eigenvalue weighted by Gasteiger charge is -2.37. The molecule has 4 rings (SSSR count). The minimum atomic E-state index is -0.588. The molecule has 7 heteroatoms. The fraction of sp³-hybridized carbons (Fsp3) is 0.444. The monoisotopic (exact) mass is 463 g/mol. The van der Waals surface area contributed by atoms with Crippen molar-refractivity contribution in [2.24, 2.45) is 5.92 Å². The van der Waals surface area contributed by atoms with E-state index in [1.54, 1.807) is 31.4 Å². The van der Waals surface area contributed by atoms with Crippen LogP contribution in [0.3, 0.4) is 0 Å². The number of nitrogens with zero attached hydrogens (tertiary/aromatic N) is 2. The SMILES string of the molecule is COc1ccccc1C(=O)N1CCC(C(NC(=O)c2ccc(C)cc2)C(=O)N2CCCC2)CC1. The first-order chi connectivity index (χ1) is 16.5. The van der Waals surface area contributed by atoms with Gasteiger partial charge in [-0.2, -0.15) is 0 Å². The molecule has 2 aliphatic rings. The van der Waals surface area contributed by atoms with Gasteiger partial charge in [-0.1, -0.05) is 29.8 Å². The predicted molar refractivity (Wildman–Crippen MR) is 130 cm³/mol. The quantitative estimate of drug-likeness (QED) is 0.713. The Bertz CT molecular complexity index is 1020. The molecule has 1 N–H and O–H groups in total. The lowest BCUT2D eigenvalue weighted by Crippen LogP contribution is -2.54. The number of rotatable bonds is 6. The number of carbonyl (C=O) groups is 3. The summed E-state index contributed by atoms with van der Waals surface area (Å²) in [6.45, 7) is 4.51. The number of para-hydroxylation sites is 1. The standard InChI is InChI=1S/C27H33N3O4/c1-19-9-11-21(12-10-19)25(31)28-24(27(33)29-15-5-6-16-29)20-13-17-30(18-14-20)26(32)22-7-3-4-8-23(22)34-2/h3-4,7-12,20,24H,5-6,13-18H2,1-2H3,(H,28,31). The maximum atomic E-state index is 13.4. The van der Waals surface area contributed by atoms with Crippen LogP contribution in [-0.4, -0.2) is 66.9 Å². The Morgan fingerprint density at radius 2 is 1.56 bits per heavy atom. The Hall–Kier alpha value is -3.35. The van der Waals surface area contributed by atoms with Crippen molar-refractivity contribution in [3.8, 4) is 5.75 Å². The van der Waals surface area contributed by atoms with Gasteiger partial charge in [-0.15, -0.1) is 0 Å². The van der Waals surface area contributed by atoms with Crippen LogP contribution in [0.1, 0.15) is 52.0 Å². The summed E-state index contributed by atoms with van der Waals surface area (Å²) >= 11 is 0. The molecule has 3 amide bonds. The van der Waals surface area contributed by atoms with Crippen molar-refractivity contribution in [2.45, 2.75) is 38.6 Å². The number of ether oxygens (including phenoxy) is 1. The van der Waals surface area contributed by atoms with Gasteiger partial charge in [-0.3, -0.25) is 14.4 Å². The van der Waals surface area contributed by atoms with Crippen LogP contribution in [-0.2, 0) is 4.79 Å². The summed E-state index contributed by atoms with van der Waals surface area (Å²) < 4.78 is 5.35. The van der Waals surface area contributed by atoms with Gasteiger partial charge in [-0.25, -0.2) is 0 Å². The molecule has 0 spiro atoms. The molecular formula is C27H33N3O4. The second kappa shape index (κ2) is 10.7. The smallest absolute Gasteiger partial charge is 0.257 e. The van der Waals surface area contributed by atoms with Gasteiger partial charge in [0.1, 0.15) is 11.8 Å². The highest BCUT2D eigenvalue weighted by Crippen LogP contribution is 2.27. The van der Waals surface area contributed by atoms with E-state index in [9.17, 15) is 14.4 Å². The number of hydrogen-bond acceptors (Lipinski definition) is 4. The summed E-state index contributed by atoms with van der Waals surface area (Å²) in [5, 5.41) is 3.04. The molecule has 2 aliphatic heterocycles. The zero-order valence-electron chi connectivity index (χ0n) is 20.0. The van der Waals surface area contributed by atoms with E-state index >= 15 is 0 Å². The summed E-state index contributed by atoms with van der Waals surface area (Å²) in [6, 6.07) is 14.0. The van der Waals surface area contributed by atoms with E-state index in [2.05, 4.69) is 5.32 Å². The second-order valence-electron chi connectivity index (χ2n) is 9.18. The van der Waals surface area contributed by atoms with E-state index in [-0.39, 0.29) is 23.6 Å². The fourth-order valence-electron chi connectivity index (χ4n) is 4.87. The lowest BCUT2D eigenvalue weighted by atomic mass is 9.88. The highest BCUT2D eigenvalue weighted by Gasteiger charge is 2.37. The van der Waals surface area contributed by atoms with Crippen molar-refractivity contribution in [1.29, 1.82) is 0 Å². The van der Waals surface area contributed by atoms with Crippen LogP contribution in [0.4, 0.5) is 0 Å². The van der Waals surface area contributed by atoms with E-state index in [0.717, 1.165) is 31.5 Å². The second-order valence-corrected chi connectivity index (χ2v) is 9.18. The summed E-state index contributed by atoms with van der Waals surface area (Å²) in [6.07, 6.45) is 3.30. The summed E-state index contributed by atoms with van der Waals surface area (Å²) in [4.78, 5) is 43.2. The van der Waals surface area contributed by atoms with Gasteiger partial charge in [0.05, 0.1) is 12.7 Å². The van der Waals surface area contributed by atoms with Crippen LogP contribution in [0, 0.1) is 12.8 Å². The van der Waals surface area contributed by atoms with E-state index in [0.29, 0.717) is 42.8 Å². The van der Waals surface area contributed by atoms with Crippen molar-refractivity contribution >= 4 is 17.7 Å². The molecule has 34 heavy (non-hydrogen) atoms. The molecule has 1 atom stereocenters. The van der Waals surface area contributed by atoms with Crippen LogP contribution in [0.25, 0.3) is 0 Å². The number of nitrogens with one attached hydrogen (secondary N) is 1. The Labute approximate surface area is 201 Å². The molecule has 180 valence electrons. The van der Waals surface area contributed by atoms with Gasteiger partial charge < -0.3 is 19.9 Å². The fourth-order valence-corrected chi connectivity index (χ4v) is 4.87. The van der Waals surface area contributed by atoms with Gasteiger partial charge in [0.25, 0.3) is 11.8 Å². The van der Waals surface area contributed by atoms with Gasteiger partial charge in [0, 0.05) is 31.7 Å². The largest absolute Gasteiger partial charge is 0.496 e. The molecule has 0 aromatic heterocycles. The number of carbonyl (C=O) groups excluding carboxylic acids is 3. The van der Waals surface area contributed by atoms with Crippen LogP contribution in [0.15, 0.2) is 48.5 Å². The van der Waals surface area contributed by atoms with Crippen LogP contribution in [0.5, 0.6) is 5.75 Å². The molecule has 0 saturated carbocycles. The van der Waals surface area contributed by atoms with Gasteiger partial charge >= 0.3 is 0 Å². The number of aryl methyl sites for hydroxylation is 1. The van der Waals surface area contributed by atoms with Gasteiger partial charge in [0.2, 0.25) is 5.91 Å². The average molecular weight is 464 g/mol. The zero-order chi connectivity index (χ0) is 24.1. The molecule has 2 saturated heterocycles. The third kappa shape index (κ3) is 5.24. The predicted octanol–water partition coefficient (Wildman–Crippen LogP) is 3.28. The minimum absolute atomic E-state index is 0.00698. The average Bonchev–Trinajstić information content (AvgIpc) is 3.42. The molecule has 2 heterocycles. The van der Waals surface area contributed by atoms with Crippen molar-refractivity contribution in [1.82, 2.24) is 15.1 Å². The van der Waals surface area contributed by atoms with Crippen LogP contribution >= 0.6 is 0 Å². The number of methoxy groups -OCH3 is 1. The summed E-state index contributed by atoms with van der Waals surface area (Å²) in [5.41, 5.74) is 2.17. The minimum Gasteiger partial charge on any atom is -0.496 e. The van der Waals surface area contributed by atoms with Crippen molar-refractivity contribution in [3.63, 3.8) is 0 Å². The van der Waals surface area contributed by atoms with Crippen molar-refractivity contribution in [2.75, 3.05) is 33.3 Å². The topological polar surface area (TPSA) is 79.0 Å². The zero-order valence-corrected chi connectivity index (χ0v) is 20.0. The first-order valence-corrected chi connectivity index (χ1v) is 12.1. The van der Waals surface area contributed by atoms with E-state index in [4.69, 9.17) is 4.74 Å². The molecule has 0 bridgehead atoms. The Morgan fingerprint density at radius 1 is 0.912 bits per heavy atom. The first kappa shape index (κ1) is 23.8. The molecule has 0 aliphatic carbocycles. The maximum Gasteiger partial charge on any atom is 0.257 e. The highest BCUT2D eigenvalue weighted by molar-refractivity contribution is 5.98. The van der Waals surface area contributed by atoms with E-state index in [1.165, 1.54) is 0 Å². The number of amides is 3. The number of benzene rings is 2. The molecule has 1 unspecified atom stereocenters. The van der Waals surface area contributed by atoms with Crippen molar-refractivity contribution in [3.05, 3.63) is 65.2 Å². The Kier molecular flexibility index (Phi) is 7.50. The molecular weight excluding hydrogens is 430 g/mol. The third-order valence-corrected chi connectivity index (χ3v) is 6.92. The number of likely N-dealkylation sites (tertiary alicyclic amines) is 2. The van der Waals surface area contributed by atoms with Crippen LogP contribution < -0.4 is 10.1 Å². The van der Waals surface area contributed by atoms with Crippen molar-refractivity contribution < 1.29 is 19.1 Å². The Morgan fingerprint density at radius 3 is 2.21 bits per heavy atom. The summed E-state index contributed by atoms with van der Waals surface area (Å²) in [5.74, 6) is 0.228. The lowest BCUT2D eigenvalue weighted by molar-refractivity contribution is -0.134. The van der Waals surface area contributed by atoms with E-state index in [1.807, 2.05) is 41.0 Å². The Balaban J connectivity index is 1.46. The van der Waals surface area contributed by atoms with Gasteiger partial charge in [0.15, 0.2) is 0 Å². The molecule has 2 aromatic rings.